The summed E-state index contributed by atoms with van der Waals surface area (Å²) in [6.45, 7) is 9.43. The molecule has 0 aliphatic carbocycles. The molecule has 0 saturated carbocycles. The van der Waals surface area contributed by atoms with E-state index in [1.165, 1.54) is 47.8 Å². The van der Waals surface area contributed by atoms with Crippen molar-refractivity contribution in [1.82, 2.24) is 10.2 Å². The van der Waals surface area contributed by atoms with Crippen LogP contribution in [0.5, 0.6) is 0 Å². The van der Waals surface area contributed by atoms with Gasteiger partial charge in [0.05, 0.1) is 0 Å². The van der Waals surface area contributed by atoms with E-state index in [2.05, 4.69) is 30.1 Å². The quantitative estimate of drug-likeness (QED) is 0.887. The van der Waals surface area contributed by atoms with Gasteiger partial charge in [-0.25, -0.2) is 0 Å². The van der Waals surface area contributed by atoms with Crippen LogP contribution in [0.4, 0.5) is 0 Å². The van der Waals surface area contributed by atoms with Gasteiger partial charge in [0, 0.05) is 28.9 Å². The van der Waals surface area contributed by atoms with E-state index in [1.807, 2.05) is 11.3 Å². The SMILES string of the molecule is Cc1cc(CNC2CN3CCC2CC3)sc1C. The third-order valence-corrected chi connectivity index (χ3v) is 5.56. The van der Waals surface area contributed by atoms with Gasteiger partial charge in [0.15, 0.2) is 0 Å². The van der Waals surface area contributed by atoms with Crippen molar-refractivity contribution in [1.29, 1.82) is 0 Å². The van der Waals surface area contributed by atoms with Gasteiger partial charge in [-0.1, -0.05) is 0 Å². The number of nitrogens with one attached hydrogen (secondary N) is 1. The minimum atomic E-state index is 0.736. The molecule has 3 aliphatic heterocycles. The van der Waals surface area contributed by atoms with Gasteiger partial charge in [-0.2, -0.15) is 0 Å². The third kappa shape index (κ3) is 2.42. The van der Waals surface area contributed by atoms with Gasteiger partial charge in [0.1, 0.15) is 0 Å². The summed E-state index contributed by atoms with van der Waals surface area (Å²) in [4.78, 5) is 5.58. The molecule has 94 valence electrons. The summed E-state index contributed by atoms with van der Waals surface area (Å²) < 4.78 is 0. The third-order valence-electron chi connectivity index (χ3n) is 4.41. The number of nitrogens with zero attached hydrogens (tertiary/aromatic N) is 1. The predicted octanol–water partition coefficient (Wildman–Crippen LogP) is 2.55. The number of thiophene rings is 1. The fourth-order valence-corrected chi connectivity index (χ4v) is 4.17. The molecular formula is C14H22N2S. The van der Waals surface area contributed by atoms with Gasteiger partial charge in [-0.05, 0) is 57.3 Å². The van der Waals surface area contributed by atoms with Crippen LogP contribution >= 0.6 is 11.3 Å². The maximum absolute atomic E-state index is 3.78. The molecule has 0 aromatic carbocycles. The minimum Gasteiger partial charge on any atom is -0.308 e. The predicted molar refractivity (Wildman–Crippen MR) is 73.6 cm³/mol. The molecule has 4 heterocycles. The van der Waals surface area contributed by atoms with Crippen LogP contribution in [-0.4, -0.2) is 30.6 Å². The number of hydrogen-bond acceptors (Lipinski definition) is 3. The summed E-state index contributed by atoms with van der Waals surface area (Å²) in [6.07, 6.45) is 2.81. The largest absolute Gasteiger partial charge is 0.308 e. The van der Waals surface area contributed by atoms with Crippen LogP contribution in [0.3, 0.4) is 0 Å². The van der Waals surface area contributed by atoms with E-state index in [1.54, 1.807) is 0 Å². The number of aryl methyl sites for hydroxylation is 2. The summed E-state index contributed by atoms with van der Waals surface area (Å²) in [6, 6.07) is 3.08. The van der Waals surface area contributed by atoms with E-state index in [-0.39, 0.29) is 0 Å². The van der Waals surface area contributed by atoms with E-state index in [0.717, 1.165) is 18.5 Å². The van der Waals surface area contributed by atoms with Crippen molar-refractivity contribution in [2.75, 3.05) is 19.6 Å². The standard InChI is InChI=1S/C14H22N2S/c1-10-7-13(17-11(10)2)8-15-14-9-16-5-3-12(14)4-6-16/h7,12,14-15H,3-6,8-9H2,1-2H3. The van der Waals surface area contributed by atoms with Gasteiger partial charge < -0.3 is 10.2 Å². The highest BCUT2D eigenvalue weighted by Gasteiger charge is 2.33. The fraction of sp³-hybridized carbons (Fsp3) is 0.714. The Balaban J connectivity index is 1.57. The normalized spacial score (nSPS) is 32.0. The second-order valence-corrected chi connectivity index (χ2v) is 6.92. The second-order valence-electron chi connectivity index (χ2n) is 5.58. The smallest absolute Gasteiger partial charge is 0.0303 e. The fourth-order valence-electron chi connectivity index (χ4n) is 3.16. The molecule has 3 aliphatic rings. The Hall–Kier alpha value is -0.380. The molecule has 4 rings (SSSR count). The lowest BCUT2D eigenvalue weighted by Crippen LogP contribution is -2.55. The summed E-state index contributed by atoms with van der Waals surface area (Å²) in [5.74, 6) is 0.933. The van der Waals surface area contributed by atoms with Gasteiger partial charge >= 0.3 is 0 Å². The molecular weight excluding hydrogens is 228 g/mol. The van der Waals surface area contributed by atoms with Crippen LogP contribution in [0.1, 0.15) is 28.2 Å². The van der Waals surface area contributed by atoms with Gasteiger partial charge in [-0.15, -0.1) is 11.3 Å². The zero-order chi connectivity index (χ0) is 11.8. The zero-order valence-electron chi connectivity index (χ0n) is 10.8. The number of fused-ring (bicyclic) bond motifs is 3. The molecule has 17 heavy (non-hydrogen) atoms. The molecule has 1 atom stereocenters. The first-order valence-corrected chi connectivity index (χ1v) is 7.55. The van der Waals surface area contributed by atoms with Gasteiger partial charge in [0.25, 0.3) is 0 Å². The first-order valence-electron chi connectivity index (χ1n) is 6.74. The molecule has 0 amide bonds. The van der Waals surface area contributed by atoms with Crippen molar-refractivity contribution in [2.24, 2.45) is 5.92 Å². The second kappa shape index (κ2) is 4.71. The molecule has 3 saturated heterocycles. The highest BCUT2D eigenvalue weighted by molar-refractivity contribution is 7.12. The van der Waals surface area contributed by atoms with E-state index < -0.39 is 0 Å². The summed E-state index contributed by atoms with van der Waals surface area (Å²) in [5, 5.41) is 3.78. The van der Waals surface area contributed by atoms with Crippen LogP contribution in [0.2, 0.25) is 0 Å². The lowest BCUT2D eigenvalue weighted by molar-refractivity contribution is 0.0721. The lowest BCUT2D eigenvalue weighted by Gasteiger charge is -2.45. The van der Waals surface area contributed by atoms with E-state index in [9.17, 15) is 0 Å². The van der Waals surface area contributed by atoms with Crippen molar-refractivity contribution >= 4 is 11.3 Å². The Morgan fingerprint density at radius 3 is 2.65 bits per heavy atom. The van der Waals surface area contributed by atoms with Gasteiger partial charge in [0.2, 0.25) is 0 Å². The molecule has 3 fully saturated rings. The zero-order valence-corrected chi connectivity index (χ0v) is 11.6. The highest BCUT2D eigenvalue weighted by Crippen LogP contribution is 2.28. The van der Waals surface area contributed by atoms with Crippen LogP contribution in [0.15, 0.2) is 6.07 Å². The number of piperidine rings is 3. The first kappa shape index (κ1) is 11.7. The summed E-state index contributed by atoms with van der Waals surface area (Å²) in [7, 11) is 0. The summed E-state index contributed by atoms with van der Waals surface area (Å²) >= 11 is 1.95. The van der Waals surface area contributed by atoms with Crippen LogP contribution in [-0.2, 0) is 6.54 Å². The molecule has 1 aromatic heterocycles. The Labute approximate surface area is 108 Å². The van der Waals surface area contributed by atoms with Crippen molar-refractivity contribution < 1.29 is 0 Å². The van der Waals surface area contributed by atoms with E-state index >= 15 is 0 Å². The molecule has 2 bridgehead atoms. The minimum absolute atomic E-state index is 0.736. The van der Waals surface area contributed by atoms with E-state index in [4.69, 9.17) is 0 Å². The average molecular weight is 250 g/mol. The average Bonchev–Trinajstić information content (AvgIpc) is 2.68. The van der Waals surface area contributed by atoms with Crippen LogP contribution in [0.25, 0.3) is 0 Å². The highest BCUT2D eigenvalue weighted by atomic mass is 32.1. The molecule has 3 heteroatoms. The Kier molecular flexibility index (Phi) is 3.24. The van der Waals surface area contributed by atoms with Crippen molar-refractivity contribution in [3.63, 3.8) is 0 Å². The monoisotopic (exact) mass is 250 g/mol. The molecule has 1 N–H and O–H groups in total. The molecule has 2 nitrogen and oxygen atoms in total. The Morgan fingerprint density at radius 1 is 1.35 bits per heavy atom. The topological polar surface area (TPSA) is 15.3 Å². The lowest BCUT2D eigenvalue weighted by atomic mass is 9.84. The van der Waals surface area contributed by atoms with Gasteiger partial charge in [-0.3, -0.25) is 0 Å². The van der Waals surface area contributed by atoms with Crippen molar-refractivity contribution in [2.45, 2.75) is 39.3 Å². The molecule has 1 aromatic rings. The Bertz CT molecular complexity index is 371. The number of rotatable bonds is 3. The number of hydrogen-bond donors (Lipinski definition) is 1. The van der Waals surface area contributed by atoms with Crippen molar-refractivity contribution in [3.05, 3.63) is 21.4 Å². The van der Waals surface area contributed by atoms with Crippen LogP contribution in [0, 0.1) is 19.8 Å². The molecule has 1 unspecified atom stereocenters. The summed E-state index contributed by atoms with van der Waals surface area (Å²) in [5.41, 5.74) is 1.45. The maximum Gasteiger partial charge on any atom is 0.0303 e. The van der Waals surface area contributed by atoms with Crippen molar-refractivity contribution in [3.8, 4) is 0 Å². The Morgan fingerprint density at radius 2 is 2.12 bits per heavy atom. The van der Waals surface area contributed by atoms with Crippen LogP contribution < -0.4 is 5.32 Å². The van der Waals surface area contributed by atoms with E-state index in [0.29, 0.717) is 0 Å². The maximum atomic E-state index is 3.78. The molecule has 0 radical (unpaired) electrons. The first-order chi connectivity index (χ1) is 8.22. The molecule has 0 spiro atoms.